The number of alkyl halides is 3. The van der Waals surface area contributed by atoms with Crippen LogP contribution in [0, 0.1) is 6.92 Å². The average molecular weight is 812 g/mol. The van der Waals surface area contributed by atoms with E-state index in [1.165, 1.54) is 12.1 Å². The van der Waals surface area contributed by atoms with E-state index in [1.807, 2.05) is 25.1 Å². The van der Waals surface area contributed by atoms with Crippen molar-refractivity contribution >= 4 is 46.7 Å². The maximum Gasteiger partial charge on any atom is 0.416 e. The largest absolute Gasteiger partial charge is 0.416 e. The smallest absolute Gasteiger partial charge is 0.378 e. The summed E-state index contributed by atoms with van der Waals surface area (Å²) in [5.41, 5.74) is 1.92. The van der Waals surface area contributed by atoms with Crippen LogP contribution in [0.4, 0.5) is 42.4 Å². The van der Waals surface area contributed by atoms with Crippen LogP contribution in [0.15, 0.2) is 54.6 Å². The molecule has 0 radical (unpaired) electrons. The van der Waals surface area contributed by atoms with Crippen molar-refractivity contribution in [3.63, 3.8) is 0 Å². The third-order valence-electron chi connectivity index (χ3n) is 9.85. The zero-order valence-corrected chi connectivity index (χ0v) is 32.4. The van der Waals surface area contributed by atoms with Gasteiger partial charge in [0.05, 0.1) is 64.1 Å². The molecule has 0 saturated carbocycles. The van der Waals surface area contributed by atoms with Gasteiger partial charge in [0.15, 0.2) is 0 Å². The molecule has 1 amide bonds. The molecule has 2 aromatic carbocycles. The first kappa shape index (κ1) is 40.4. The number of nitrogens with zero attached hydrogens (tertiary/aromatic N) is 8. The van der Waals surface area contributed by atoms with Gasteiger partial charge in [-0.25, -0.2) is 9.97 Å². The highest BCUT2D eigenvalue weighted by Crippen LogP contribution is 2.32. The van der Waals surface area contributed by atoms with Gasteiger partial charge >= 0.3 is 6.18 Å². The topological polar surface area (TPSA) is 131 Å². The number of rotatable bonds is 7. The van der Waals surface area contributed by atoms with Gasteiger partial charge < -0.3 is 43.9 Å². The van der Waals surface area contributed by atoms with Gasteiger partial charge in [-0.2, -0.15) is 23.1 Å². The lowest BCUT2D eigenvalue weighted by molar-refractivity contribution is -0.137. The van der Waals surface area contributed by atoms with Crippen LogP contribution in [0.25, 0.3) is 11.3 Å². The predicted molar refractivity (Wildman–Crippen MR) is 211 cm³/mol. The monoisotopic (exact) mass is 811 g/mol. The van der Waals surface area contributed by atoms with Crippen LogP contribution >= 0.6 is 11.6 Å². The predicted octanol–water partition coefficient (Wildman–Crippen LogP) is 5.20. The molecule has 2 aromatic heterocycles. The first-order chi connectivity index (χ1) is 27.6. The first-order valence-corrected chi connectivity index (χ1v) is 19.3. The van der Waals surface area contributed by atoms with Crippen LogP contribution in [-0.4, -0.2) is 131 Å². The van der Waals surface area contributed by atoms with Crippen molar-refractivity contribution < 1.29 is 36.9 Å². The Morgan fingerprint density at radius 3 is 1.70 bits per heavy atom. The lowest BCUT2D eigenvalue weighted by Crippen LogP contribution is -2.39. The van der Waals surface area contributed by atoms with Crippen molar-refractivity contribution in [3.8, 4) is 11.3 Å². The van der Waals surface area contributed by atoms with Gasteiger partial charge in [-0.3, -0.25) is 4.79 Å². The van der Waals surface area contributed by atoms with E-state index in [2.05, 4.69) is 34.9 Å². The molecule has 4 aromatic rings. The quantitative estimate of drug-likeness (QED) is 0.246. The van der Waals surface area contributed by atoms with E-state index in [0.29, 0.717) is 94.3 Å². The number of benzene rings is 2. The summed E-state index contributed by atoms with van der Waals surface area (Å²) in [6.07, 6.45) is -4.53. The molecule has 4 aliphatic heterocycles. The van der Waals surface area contributed by atoms with Crippen molar-refractivity contribution in [2.75, 3.05) is 130 Å². The van der Waals surface area contributed by atoms with Crippen LogP contribution < -0.4 is 24.9 Å². The Labute approximate surface area is 333 Å². The van der Waals surface area contributed by atoms with Gasteiger partial charge in [0.25, 0.3) is 5.91 Å². The average Bonchev–Trinajstić information content (AvgIpc) is 3.25. The number of hydrogen-bond acceptors (Lipinski definition) is 13. The minimum atomic E-state index is -4.53. The number of nitrogens with one attached hydrogen (secondary N) is 1. The Balaban J connectivity index is 0.000000218. The number of hydrogen-bond donors (Lipinski definition) is 1. The number of aromatic nitrogens is 4. The summed E-state index contributed by atoms with van der Waals surface area (Å²) < 4.78 is 61.0. The molecule has 4 aliphatic rings. The van der Waals surface area contributed by atoms with E-state index in [9.17, 15) is 18.0 Å². The Hall–Kier alpha value is -4.81. The van der Waals surface area contributed by atoms with Gasteiger partial charge in [-0.1, -0.05) is 23.7 Å². The van der Waals surface area contributed by atoms with Crippen LogP contribution in [0.2, 0.25) is 5.15 Å². The number of amides is 1. The number of carbonyl (C=O) groups excluding carboxylic acids is 1. The van der Waals surface area contributed by atoms with Crippen molar-refractivity contribution in [1.82, 2.24) is 19.9 Å². The lowest BCUT2D eigenvalue weighted by Gasteiger charge is -2.31. The molecule has 0 spiro atoms. The fourth-order valence-electron chi connectivity index (χ4n) is 6.69. The molecule has 4 fully saturated rings. The van der Waals surface area contributed by atoms with Crippen LogP contribution in [0.5, 0.6) is 0 Å². The summed E-state index contributed by atoms with van der Waals surface area (Å²) in [6.45, 7) is 13.3. The number of anilines is 5. The number of halogens is 4. The van der Waals surface area contributed by atoms with Gasteiger partial charge in [0.1, 0.15) is 16.8 Å². The van der Waals surface area contributed by atoms with E-state index in [1.54, 1.807) is 12.1 Å². The fraction of sp³-hybridized carbons (Fsp3) is 0.462. The van der Waals surface area contributed by atoms with Gasteiger partial charge in [-0.05, 0) is 42.8 Å². The molecule has 6 heterocycles. The molecule has 0 unspecified atom stereocenters. The summed E-state index contributed by atoms with van der Waals surface area (Å²) in [5, 5.41) is 3.21. The molecule has 304 valence electrons. The molecule has 0 aliphatic carbocycles. The zero-order chi connectivity index (χ0) is 39.8. The van der Waals surface area contributed by atoms with E-state index in [-0.39, 0.29) is 5.56 Å². The second-order valence-corrected chi connectivity index (χ2v) is 14.1. The van der Waals surface area contributed by atoms with Crippen molar-refractivity contribution in [2.24, 2.45) is 0 Å². The van der Waals surface area contributed by atoms with Crippen molar-refractivity contribution in [3.05, 3.63) is 76.4 Å². The van der Waals surface area contributed by atoms with E-state index in [4.69, 9.17) is 40.5 Å². The summed E-state index contributed by atoms with van der Waals surface area (Å²) in [6, 6.07) is 13.5. The highest BCUT2D eigenvalue weighted by Gasteiger charge is 2.31. The zero-order valence-electron chi connectivity index (χ0n) is 31.6. The highest BCUT2D eigenvalue weighted by molar-refractivity contribution is 6.29. The number of carbonyl (C=O) groups is 1. The molecule has 8 rings (SSSR count). The first-order valence-electron chi connectivity index (χ1n) is 18.9. The molecular formula is C39H45ClF3N9O5. The van der Waals surface area contributed by atoms with E-state index in [0.717, 1.165) is 74.3 Å². The molecular weight excluding hydrogens is 767 g/mol. The van der Waals surface area contributed by atoms with Crippen molar-refractivity contribution in [1.29, 1.82) is 0 Å². The van der Waals surface area contributed by atoms with Gasteiger partial charge in [0.2, 0.25) is 11.9 Å². The Kier molecular flexibility index (Phi) is 13.2. The molecule has 0 bridgehead atoms. The van der Waals surface area contributed by atoms with Crippen LogP contribution in [-0.2, 0) is 25.1 Å². The standard InChI is InChI=1S/C27H28F3N5O3.C12H17ClN4O2/c1-18-5-6-21(31-25(36)19-3-2-4-20(15-19)27(28,29)30)16-22(18)23-17-24(34-7-11-37-12-8-34)33-26(32-23)35-9-13-38-14-10-35;13-10-9-11(16-1-5-18-6-2-16)15-12(14-10)17-3-7-19-8-4-17/h2-6,15-17H,7-14H2,1H3,(H,31,36);9H,1-8H2. The van der Waals surface area contributed by atoms with Gasteiger partial charge in [-0.15, -0.1) is 0 Å². The Bertz CT molecular complexity index is 1920. The molecule has 1 N–H and O–H groups in total. The molecule has 57 heavy (non-hydrogen) atoms. The SMILES string of the molecule is Cc1ccc(NC(=O)c2cccc(C(F)(F)F)c2)cc1-c1cc(N2CCOCC2)nc(N2CCOCC2)n1.Clc1cc(N2CCOCC2)nc(N2CCOCC2)n1. The maximum absolute atomic E-state index is 13.1. The summed E-state index contributed by atoms with van der Waals surface area (Å²) >= 11 is 6.12. The highest BCUT2D eigenvalue weighted by atomic mass is 35.5. The minimum absolute atomic E-state index is 0.0757. The molecule has 4 saturated heterocycles. The number of aryl methyl sites for hydroxylation is 1. The maximum atomic E-state index is 13.1. The third kappa shape index (κ3) is 10.6. The summed E-state index contributed by atoms with van der Waals surface area (Å²) in [7, 11) is 0. The number of ether oxygens (including phenoxy) is 4. The minimum Gasteiger partial charge on any atom is -0.378 e. The Morgan fingerprint density at radius 1 is 0.649 bits per heavy atom. The third-order valence-corrected chi connectivity index (χ3v) is 10.0. The Morgan fingerprint density at radius 2 is 1.16 bits per heavy atom. The van der Waals surface area contributed by atoms with E-state index >= 15 is 0 Å². The molecule has 14 nitrogen and oxygen atoms in total. The molecule has 0 atom stereocenters. The summed E-state index contributed by atoms with van der Waals surface area (Å²) in [4.78, 5) is 40.0. The lowest BCUT2D eigenvalue weighted by atomic mass is 10.0. The van der Waals surface area contributed by atoms with E-state index < -0.39 is 17.6 Å². The second-order valence-electron chi connectivity index (χ2n) is 13.7. The molecule has 18 heteroatoms. The summed E-state index contributed by atoms with van der Waals surface area (Å²) in [5.74, 6) is 2.33. The second kappa shape index (κ2) is 18.6. The fourth-order valence-corrected chi connectivity index (χ4v) is 6.86. The normalized spacial score (nSPS) is 17.8. The van der Waals surface area contributed by atoms with Crippen LogP contribution in [0.1, 0.15) is 21.5 Å². The van der Waals surface area contributed by atoms with Crippen LogP contribution in [0.3, 0.4) is 0 Å². The number of morpholine rings is 4. The van der Waals surface area contributed by atoms with Gasteiger partial charge in [0, 0.05) is 81.3 Å². The van der Waals surface area contributed by atoms with Crippen molar-refractivity contribution in [2.45, 2.75) is 13.1 Å².